The van der Waals surface area contributed by atoms with E-state index in [0.717, 1.165) is 19.0 Å². The van der Waals surface area contributed by atoms with Crippen LogP contribution >= 0.6 is 0 Å². The van der Waals surface area contributed by atoms with E-state index in [1.807, 2.05) is 0 Å². The second kappa shape index (κ2) is 7.70. The Morgan fingerprint density at radius 1 is 0.920 bits per heavy atom. The van der Waals surface area contributed by atoms with E-state index >= 15 is 0 Å². The summed E-state index contributed by atoms with van der Waals surface area (Å²) in [6.07, 6.45) is 0.769. The van der Waals surface area contributed by atoms with E-state index < -0.39 is 17.5 Å². The average Bonchev–Trinajstić information content (AvgIpc) is 2.83. The topological polar surface area (TPSA) is 23.6 Å². The Kier molecular flexibility index (Phi) is 5.38. The van der Waals surface area contributed by atoms with Gasteiger partial charge in [0, 0.05) is 38.3 Å². The first-order chi connectivity index (χ1) is 12.0. The number of hydrogen-bond acceptors (Lipinski definition) is 2. The highest BCUT2D eigenvalue weighted by Gasteiger charge is 2.20. The van der Waals surface area contributed by atoms with Crippen molar-refractivity contribution in [3.63, 3.8) is 0 Å². The summed E-state index contributed by atoms with van der Waals surface area (Å²) in [6, 6.07) is 9.58. The van der Waals surface area contributed by atoms with Gasteiger partial charge in [-0.3, -0.25) is 9.69 Å². The van der Waals surface area contributed by atoms with Crippen LogP contribution < -0.4 is 0 Å². The summed E-state index contributed by atoms with van der Waals surface area (Å²) in [4.78, 5) is 16.3. The maximum atomic E-state index is 13.3. The summed E-state index contributed by atoms with van der Waals surface area (Å²) >= 11 is 0. The SMILES string of the molecule is O=C(c1cccc(F)c1)N1CCCN(Cc2ccc(F)c(F)c2)CC1. The van der Waals surface area contributed by atoms with Gasteiger partial charge in [0.15, 0.2) is 11.6 Å². The molecule has 0 aromatic heterocycles. The third-order valence-electron chi connectivity index (χ3n) is 4.34. The normalized spacial score (nSPS) is 15.9. The molecule has 1 saturated heterocycles. The first kappa shape index (κ1) is 17.5. The molecule has 0 saturated carbocycles. The third kappa shape index (κ3) is 4.39. The minimum Gasteiger partial charge on any atom is -0.337 e. The van der Waals surface area contributed by atoms with Gasteiger partial charge in [-0.1, -0.05) is 12.1 Å². The predicted octanol–water partition coefficient (Wildman–Crippen LogP) is 3.45. The Morgan fingerprint density at radius 2 is 1.76 bits per heavy atom. The quantitative estimate of drug-likeness (QED) is 0.848. The molecule has 6 heteroatoms. The lowest BCUT2D eigenvalue weighted by Crippen LogP contribution is -2.35. The van der Waals surface area contributed by atoms with Crippen molar-refractivity contribution in [2.45, 2.75) is 13.0 Å². The largest absolute Gasteiger partial charge is 0.337 e. The van der Waals surface area contributed by atoms with Crippen LogP contribution in [0.5, 0.6) is 0 Å². The van der Waals surface area contributed by atoms with Crippen molar-refractivity contribution in [2.75, 3.05) is 26.2 Å². The second-order valence-corrected chi connectivity index (χ2v) is 6.18. The second-order valence-electron chi connectivity index (χ2n) is 6.18. The molecule has 2 aromatic carbocycles. The summed E-state index contributed by atoms with van der Waals surface area (Å²) in [5, 5.41) is 0. The molecule has 1 fully saturated rings. The van der Waals surface area contributed by atoms with E-state index in [9.17, 15) is 18.0 Å². The van der Waals surface area contributed by atoms with Gasteiger partial charge in [0.25, 0.3) is 5.91 Å². The van der Waals surface area contributed by atoms with Gasteiger partial charge in [-0.05, 0) is 42.3 Å². The summed E-state index contributed by atoms with van der Waals surface area (Å²) < 4.78 is 39.6. The monoisotopic (exact) mass is 348 g/mol. The summed E-state index contributed by atoms with van der Waals surface area (Å²) in [7, 11) is 0. The van der Waals surface area contributed by atoms with Crippen molar-refractivity contribution < 1.29 is 18.0 Å². The average molecular weight is 348 g/mol. The number of rotatable bonds is 3. The van der Waals surface area contributed by atoms with Crippen LogP contribution in [0, 0.1) is 17.5 Å². The lowest BCUT2D eigenvalue weighted by atomic mass is 10.2. The molecule has 0 atom stereocenters. The number of halogens is 3. The molecule has 1 amide bonds. The van der Waals surface area contributed by atoms with Gasteiger partial charge in [-0.2, -0.15) is 0 Å². The molecule has 0 N–H and O–H groups in total. The highest BCUT2D eigenvalue weighted by molar-refractivity contribution is 5.94. The van der Waals surface area contributed by atoms with E-state index in [1.54, 1.807) is 17.0 Å². The van der Waals surface area contributed by atoms with E-state index in [-0.39, 0.29) is 5.91 Å². The summed E-state index contributed by atoms with van der Waals surface area (Å²) in [5.41, 5.74) is 1.04. The Labute approximate surface area is 144 Å². The summed E-state index contributed by atoms with van der Waals surface area (Å²) in [5.74, 6) is -2.32. The Bertz CT molecular complexity index is 766. The van der Waals surface area contributed by atoms with Crippen LogP contribution in [-0.4, -0.2) is 41.9 Å². The first-order valence-corrected chi connectivity index (χ1v) is 8.24. The van der Waals surface area contributed by atoms with E-state index in [2.05, 4.69) is 4.90 Å². The molecule has 132 valence electrons. The fourth-order valence-corrected chi connectivity index (χ4v) is 3.03. The van der Waals surface area contributed by atoms with Crippen molar-refractivity contribution in [2.24, 2.45) is 0 Å². The zero-order valence-corrected chi connectivity index (χ0v) is 13.7. The van der Waals surface area contributed by atoms with Gasteiger partial charge in [-0.15, -0.1) is 0 Å². The van der Waals surface area contributed by atoms with Crippen molar-refractivity contribution in [3.8, 4) is 0 Å². The van der Waals surface area contributed by atoms with E-state index in [0.29, 0.717) is 37.3 Å². The van der Waals surface area contributed by atoms with E-state index in [4.69, 9.17) is 0 Å². The zero-order chi connectivity index (χ0) is 17.8. The minimum atomic E-state index is -0.855. The molecule has 1 aliphatic heterocycles. The van der Waals surface area contributed by atoms with Gasteiger partial charge in [-0.25, -0.2) is 13.2 Å². The molecule has 3 rings (SSSR count). The number of benzene rings is 2. The fraction of sp³-hybridized carbons (Fsp3) is 0.316. The van der Waals surface area contributed by atoms with Gasteiger partial charge in [0.05, 0.1) is 0 Å². The highest BCUT2D eigenvalue weighted by Crippen LogP contribution is 2.14. The molecule has 0 unspecified atom stereocenters. The lowest BCUT2D eigenvalue weighted by molar-refractivity contribution is 0.0760. The summed E-state index contributed by atoms with van der Waals surface area (Å²) in [6.45, 7) is 2.98. The molecule has 0 radical (unpaired) electrons. The van der Waals surface area contributed by atoms with Crippen molar-refractivity contribution in [1.82, 2.24) is 9.80 Å². The molecule has 0 aliphatic carbocycles. The fourth-order valence-electron chi connectivity index (χ4n) is 3.03. The van der Waals surface area contributed by atoms with Crippen molar-refractivity contribution in [1.29, 1.82) is 0 Å². The predicted molar refractivity (Wildman–Crippen MR) is 88.6 cm³/mol. The lowest BCUT2D eigenvalue weighted by Gasteiger charge is -2.22. The van der Waals surface area contributed by atoms with Crippen LogP contribution in [0.3, 0.4) is 0 Å². The Morgan fingerprint density at radius 3 is 2.52 bits per heavy atom. The van der Waals surface area contributed by atoms with Crippen LogP contribution in [0.15, 0.2) is 42.5 Å². The van der Waals surface area contributed by atoms with Crippen LogP contribution in [-0.2, 0) is 6.54 Å². The van der Waals surface area contributed by atoms with E-state index in [1.165, 1.54) is 24.3 Å². The van der Waals surface area contributed by atoms with Crippen LogP contribution in [0.25, 0.3) is 0 Å². The number of carbonyl (C=O) groups is 1. The molecule has 0 bridgehead atoms. The smallest absolute Gasteiger partial charge is 0.254 e. The number of nitrogens with zero attached hydrogens (tertiary/aromatic N) is 2. The van der Waals surface area contributed by atoms with Gasteiger partial charge in [0.2, 0.25) is 0 Å². The molecule has 0 spiro atoms. The minimum absolute atomic E-state index is 0.186. The molecule has 1 aliphatic rings. The molecule has 2 aromatic rings. The van der Waals surface area contributed by atoms with Gasteiger partial charge in [0.1, 0.15) is 5.82 Å². The molecule has 25 heavy (non-hydrogen) atoms. The number of hydrogen-bond donors (Lipinski definition) is 0. The van der Waals surface area contributed by atoms with Gasteiger partial charge >= 0.3 is 0 Å². The van der Waals surface area contributed by atoms with Crippen molar-refractivity contribution >= 4 is 5.91 Å². The maximum absolute atomic E-state index is 13.3. The standard InChI is InChI=1S/C19H19F3N2O/c20-16-4-1-3-15(12-16)19(25)24-8-2-7-23(9-10-24)13-14-5-6-17(21)18(22)11-14/h1,3-6,11-12H,2,7-10,13H2. The third-order valence-corrected chi connectivity index (χ3v) is 4.34. The van der Waals surface area contributed by atoms with Crippen LogP contribution in [0.1, 0.15) is 22.3 Å². The first-order valence-electron chi connectivity index (χ1n) is 8.24. The Balaban J connectivity index is 1.62. The van der Waals surface area contributed by atoms with Crippen LogP contribution in [0.2, 0.25) is 0 Å². The van der Waals surface area contributed by atoms with Gasteiger partial charge < -0.3 is 4.90 Å². The Hall–Kier alpha value is -2.34. The molecular formula is C19H19F3N2O. The molecule has 1 heterocycles. The highest BCUT2D eigenvalue weighted by atomic mass is 19.2. The zero-order valence-electron chi connectivity index (χ0n) is 13.7. The molecular weight excluding hydrogens is 329 g/mol. The van der Waals surface area contributed by atoms with Crippen LogP contribution in [0.4, 0.5) is 13.2 Å². The number of carbonyl (C=O) groups excluding carboxylic acids is 1. The maximum Gasteiger partial charge on any atom is 0.254 e. The molecule has 3 nitrogen and oxygen atoms in total. The van der Waals surface area contributed by atoms with Crippen molar-refractivity contribution in [3.05, 3.63) is 71.0 Å². The number of amides is 1.